The monoisotopic (exact) mass is 277 g/mol. The number of nitrogens with two attached hydrogens (primary N) is 1. The Bertz CT molecular complexity index is 667. The van der Waals surface area contributed by atoms with Crippen LogP contribution < -0.4 is 10.5 Å². The molecular weight excluding hydrogens is 262 g/mol. The van der Waals surface area contributed by atoms with Crippen LogP contribution in [0.4, 0.5) is 5.82 Å². The molecule has 100 valence electrons. The first-order valence-electron chi connectivity index (χ1n) is 5.76. The summed E-state index contributed by atoms with van der Waals surface area (Å²) in [6.45, 7) is 2.12. The smallest absolute Gasteiger partial charge is 0.263 e. The van der Waals surface area contributed by atoms with Gasteiger partial charge in [-0.05, 0) is 25.1 Å². The number of sulfonamides is 1. The van der Waals surface area contributed by atoms with Crippen molar-refractivity contribution in [1.82, 2.24) is 4.98 Å². The van der Waals surface area contributed by atoms with Gasteiger partial charge in [0.2, 0.25) is 0 Å². The molecule has 2 aromatic rings. The first kappa shape index (κ1) is 13.5. The Labute approximate surface area is 112 Å². The van der Waals surface area contributed by atoms with Crippen molar-refractivity contribution in [2.24, 2.45) is 5.73 Å². The number of nitrogens with one attached hydrogen (secondary N) is 1. The molecule has 2 rings (SSSR count). The van der Waals surface area contributed by atoms with Crippen molar-refractivity contribution in [3.8, 4) is 0 Å². The summed E-state index contributed by atoms with van der Waals surface area (Å²) in [6, 6.07) is 10.1. The van der Waals surface area contributed by atoms with E-state index in [1.165, 1.54) is 6.20 Å². The number of benzene rings is 1. The van der Waals surface area contributed by atoms with Crippen LogP contribution in [0.3, 0.4) is 0 Å². The summed E-state index contributed by atoms with van der Waals surface area (Å²) in [5.74, 6) is 0.269. The maximum absolute atomic E-state index is 12.2. The summed E-state index contributed by atoms with van der Waals surface area (Å²) >= 11 is 0. The number of nitrogens with zero attached hydrogens (tertiary/aromatic N) is 1. The lowest BCUT2D eigenvalue weighted by molar-refractivity contribution is 0.601. The van der Waals surface area contributed by atoms with Gasteiger partial charge in [0.15, 0.2) is 0 Å². The summed E-state index contributed by atoms with van der Waals surface area (Å²) < 4.78 is 26.8. The minimum atomic E-state index is -3.63. The predicted octanol–water partition coefficient (Wildman–Crippen LogP) is 1.65. The Morgan fingerprint density at radius 3 is 2.53 bits per heavy atom. The zero-order valence-electron chi connectivity index (χ0n) is 10.5. The molecule has 0 bridgehead atoms. The van der Waals surface area contributed by atoms with Gasteiger partial charge in [-0.2, -0.15) is 0 Å². The molecule has 0 spiro atoms. The van der Waals surface area contributed by atoms with E-state index in [1.54, 1.807) is 36.4 Å². The number of anilines is 1. The molecule has 1 heterocycles. The van der Waals surface area contributed by atoms with Crippen LogP contribution >= 0.6 is 0 Å². The highest BCUT2D eigenvalue weighted by Gasteiger charge is 2.15. The summed E-state index contributed by atoms with van der Waals surface area (Å²) in [4.78, 5) is 4.21. The fourth-order valence-corrected chi connectivity index (χ4v) is 2.65. The third-order valence-corrected chi connectivity index (χ3v) is 4.03. The molecular formula is C13H15N3O2S. The number of rotatable bonds is 4. The van der Waals surface area contributed by atoms with E-state index in [4.69, 9.17) is 5.73 Å². The van der Waals surface area contributed by atoms with E-state index in [9.17, 15) is 8.42 Å². The van der Waals surface area contributed by atoms with Crippen LogP contribution in [0.15, 0.2) is 47.5 Å². The van der Waals surface area contributed by atoms with Crippen LogP contribution in [0.2, 0.25) is 0 Å². The third-order valence-electron chi connectivity index (χ3n) is 2.67. The van der Waals surface area contributed by atoms with E-state index in [0.29, 0.717) is 5.56 Å². The molecule has 3 N–H and O–H groups in total. The Morgan fingerprint density at radius 2 is 1.89 bits per heavy atom. The maximum Gasteiger partial charge on any atom is 0.263 e. The molecule has 0 amide bonds. The standard InChI is InChI=1S/C13H15N3O2S/c1-10-4-6-12(7-5-10)19(17,18)16-13-11(9-14)3-2-8-15-13/h2-8H,9,14H2,1H3,(H,15,16). The van der Waals surface area contributed by atoms with Crippen LogP contribution in [0.25, 0.3) is 0 Å². The zero-order valence-corrected chi connectivity index (χ0v) is 11.3. The molecule has 0 saturated carbocycles. The first-order chi connectivity index (χ1) is 9.03. The summed E-state index contributed by atoms with van der Waals surface area (Å²) in [5.41, 5.74) is 7.20. The van der Waals surface area contributed by atoms with Crippen molar-refractivity contribution < 1.29 is 8.42 Å². The Hall–Kier alpha value is -1.92. The van der Waals surface area contributed by atoms with Crippen LogP contribution in [0.5, 0.6) is 0 Å². The van der Waals surface area contributed by atoms with Gasteiger partial charge in [-0.1, -0.05) is 23.8 Å². The van der Waals surface area contributed by atoms with Crippen LogP contribution in [-0.4, -0.2) is 13.4 Å². The molecule has 0 unspecified atom stereocenters. The molecule has 1 aromatic heterocycles. The molecule has 0 aliphatic carbocycles. The minimum Gasteiger partial charge on any atom is -0.326 e. The Morgan fingerprint density at radius 1 is 1.21 bits per heavy atom. The molecule has 5 nitrogen and oxygen atoms in total. The number of pyridine rings is 1. The van der Waals surface area contributed by atoms with E-state index in [2.05, 4.69) is 9.71 Å². The van der Waals surface area contributed by atoms with Crippen LogP contribution in [-0.2, 0) is 16.6 Å². The summed E-state index contributed by atoms with van der Waals surface area (Å²) in [6.07, 6.45) is 1.52. The molecule has 0 fully saturated rings. The molecule has 0 atom stereocenters. The number of hydrogen-bond donors (Lipinski definition) is 2. The van der Waals surface area contributed by atoms with E-state index >= 15 is 0 Å². The molecule has 0 aliphatic rings. The molecule has 6 heteroatoms. The van der Waals surface area contributed by atoms with Gasteiger partial charge in [0.1, 0.15) is 5.82 Å². The van der Waals surface area contributed by atoms with Gasteiger partial charge in [0.05, 0.1) is 4.90 Å². The SMILES string of the molecule is Cc1ccc(S(=O)(=O)Nc2ncccc2CN)cc1. The van der Waals surface area contributed by atoms with Crippen LogP contribution in [0, 0.1) is 6.92 Å². The Balaban J connectivity index is 2.34. The van der Waals surface area contributed by atoms with Crippen molar-refractivity contribution in [1.29, 1.82) is 0 Å². The highest BCUT2D eigenvalue weighted by Crippen LogP contribution is 2.17. The van der Waals surface area contributed by atoms with Gasteiger partial charge in [-0.25, -0.2) is 13.4 Å². The quantitative estimate of drug-likeness (QED) is 0.889. The van der Waals surface area contributed by atoms with E-state index in [-0.39, 0.29) is 17.3 Å². The third kappa shape index (κ3) is 3.10. The van der Waals surface area contributed by atoms with Crippen molar-refractivity contribution in [2.45, 2.75) is 18.4 Å². The second-order valence-corrected chi connectivity index (χ2v) is 5.82. The van der Waals surface area contributed by atoms with Gasteiger partial charge in [-0.3, -0.25) is 4.72 Å². The number of aryl methyl sites for hydroxylation is 1. The zero-order chi connectivity index (χ0) is 13.9. The Kier molecular flexibility index (Phi) is 3.82. The lowest BCUT2D eigenvalue weighted by Gasteiger charge is -2.10. The van der Waals surface area contributed by atoms with Gasteiger partial charge in [-0.15, -0.1) is 0 Å². The molecule has 1 aromatic carbocycles. The average Bonchev–Trinajstić information content (AvgIpc) is 2.39. The molecule has 0 aliphatic heterocycles. The maximum atomic E-state index is 12.2. The fourth-order valence-electron chi connectivity index (χ4n) is 1.60. The van der Waals surface area contributed by atoms with E-state index < -0.39 is 10.0 Å². The van der Waals surface area contributed by atoms with Crippen molar-refractivity contribution in [2.75, 3.05) is 4.72 Å². The van der Waals surface area contributed by atoms with E-state index in [1.807, 2.05) is 6.92 Å². The molecule has 19 heavy (non-hydrogen) atoms. The fraction of sp³-hybridized carbons (Fsp3) is 0.154. The number of hydrogen-bond acceptors (Lipinski definition) is 4. The molecule has 0 radical (unpaired) electrons. The summed E-state index contributed by atoms with van der Waals surface area (Å²) in [5, 5.41) is 0. The normalized spacial score (nSPS) is 11.3. The average molecular weight is 277 g/mol. The van der Waals surface area contributed by atoms with Gasteiger partial charge < -0.3 is 5.73 Å². The van der Waals surface area contributed by atoms with Gasteiger partial charge in [0.25, 0.3) is 10.0 Å². The van der Waals surface area contributed by atoms with Crippen molar-refractivity contribution in [3.63, 3.8) is 0 Å². The van der Waals surface area contributed by atoms with E-state index in [0.717, 1.165) is 5.56 Å². The largest absolute Gasteiger partial charge is 0.326 e. The van der Waals surface area contributed by atoms with Crippen molar-refractivity contribution in [3.05, 3.63) is 53.7 Å². The van der Waals surface area contributed by atoms with Gasteiger partial charge in [0, 0.05) is 18.3 Å². The van der Waals surface area contributed by atoms with Gasteiger partial charge >= 0.3 is 0 Å². The molecule has 0 saturated heterocycles. The highest BCUT2D eigenvalue weighted by atomic mass is 32.2. The topological polar surface area (TPSA) is 85.1 Å². The second kappa shape index (κ2) is 5.38. The van der Waals surface area contributed by atoms with Crippen molar-refractivity contribution >= 4 is 15.8 Å². The lowest BCUT2D eigenvalue weighted by Crippen LogP contribution is -2.16. The lowest BCUT2D eigenvalue weighted by atomic mass is 10.2. The predicted molar refractivity (Wildman–Crippen MR) is 74.1 cm³/mol. The van der Waals surface area contributed by atoms with Crippen LogP contribution in [0.1, 0.15) is 11.1 Å². The highest BCUT2D eigenvalue weighted by molar-refractivity contribution is 7.92. The summed E-state index contributed by atoms with van der Waals surface area (Å²) in [7, 11) is -3.63. The minimum absolute atomic E-state index is 0.201. The second-order valence-electron chi connectivity index (χ2n) is 4.13. The first-order valence-corrected chi connectivity index (χ1v) is 7.25. The number of aromatic nitrogens is 1.